The summed E-state index contributed by atoms with van der Waals surface area (Å²) in [5.74, 6) is 1.35. The largest absolute Gasteiger partial charge is 0.435 e. The van der Waals surface area contributed by atoms with Crippen molar-refractivity contribution in [2.24, 2.45) is 0 Å². The van der Waals surface area contributed by atoms with E-state index in [0.717, 1.165) is 22.1 Å². The Bertz CT molecular complexity index is 871. The van der Waals surface area contributed by atoms with Gasteiger partial charge in [0.1, 0.15) is 17.0 Å². The summed E-state index contributed by atoms with van der Waals surface area (Å²) in [7, 11) is 0. The van der Waals surface area contributed by atoms with Crippen LogP contribution in [-0.2, 0) is 6.18 Å². The molecule has 10 heteroatoms. The van der Waals surface area contributed by atoms with E-state index in [1.807, 2.05) is 16.3 Å². The van der Waals surface area contributed by atoms with Crippen LogP contribution in [0.2, 0.25) is 0 Å². The van der Waals surface area contributed by atoms with Crippen LogP contribution in [0, 0.1) is 0 Å². The van der Waals surface area contributed by atoms with Crippen LogP contribution in [0.1, 0.15) is 5.69 Å². The van der Waals surface area contributed by atoms with Crippen molar-refractivity contribution in [2.75, 3.05) is 36.0 Å². The Hall–Kier alpha value is -2.49. The van der Waals surface area contributed by atoms with E-state index in [-0.39, 0.29) is 0 Å². The van der Waals surface area contributed by atoms with Gasteiger partial charge in [0, 0.05) is 26.2 Å². The molecule has 130 valence electrons. The van der Waals surface area contributed by atoms with Gasteiger partial charge in [-0.2, -0.15) is 13.2 Å². The first kappa shape index (κ1) is 16.0. The maximum Gasteiger partial charge on any atom is 0.435 e. The molecular weight excluding hydrogens is 353 g/mol. The topological polar surface area (TPSA) is 58.0 Å². The molecule has 1 aliphatic heterocycles. The maximum absolute atomic E-state index is 12.6. The van der Waals surface area contributed by atoms with Gasteiger partial charge in [-0.25, -0.2) is 9.97 Å². The Morgan fingerprint density at radius 1 is 0.920 bits per heavy atom. The Balaban J connectivity index is 1.47. The van der Waals surface area contributed by atoms with Crippen molar-refractivity contribution in [3.8, 4) is 0 Å². The maximum atomic E-state index is 12.6. The summed E-state index contributed by atoms with van der Waals surface area (Å²) in [6.07, 6.45) is -2.91. The number of hydrogen-bond acceptors (Lipinski definition) is 7. The van der Waals surface area contributed by atoms with Crippen molar-refractivity contribution < 1.29 is 13.2 Å². The SMILES string of the molecule is FC(F)(F)c1ccc(N2CCN(c3ncnc4sccc34)CC2)nn1. The number of hydrogen-bond donors (Lipinski definition) is 0. The highest BCUT2D eigenvalue weighted by Gasteiger charge is 2.33. The second-order valence-corrected chi connectivity index (χ2v) is 6.48. The van der Waals surface area contributed by atoms with Crippen molar-refractivity contribution in [3.63, 3.8) is 0 Å². The molecule has 0 atom stereocenters. The number of fused-ring (bicyclic) bond motifs is 1. The van der Waals surface area contributed by atoms with Gasteiger partial charge < -0.3 is 9.80 Å². The Morgan fingerprint density at radius 2 is 1.68 bits per heavy atom. The van der Waals surface area contributed by atoms with E-state index in [2.05, 4.69) is 25.1 Å². The molecule has 0 unspecified atom stereocenters. The van der Waals surface area contributed by atoms with Gasteiger partial charge >= 0.3 is 6.18 Å². The predicted molar refractivity (Wildman–Crippen MR) is 88.9 cm³/mol. The summed E-state index contributed by atoms with van der Waals surface area (Å²) < 4.78 is 37.7. The first-order chi connectivity index (χ1) is 12.0. The van der Waals surface area contributed by atoms with Crippen LogP contribution in [0.25, 0.3) is 10.2 Å². The molecule has 4 rings (SSSR count). The van der Waals surface area contributed by atoms with E-state index in [1.54, 1.807) is 17.7 Å². The molecule has 0 radical (unpaired) electrons. The first-order valence-electron chi connectivity index (χ1n) is 7.61. The first-order valence-corrected chi connectivity index (χ1v) is 8.49. The molecule has 6 nitrogen and oxygen atoms in total. The fourth-order valence-electron chi connectivity index (χ4n) is 2.82. The van der Waals surface area contributed by atoms with Crippen LogP contribution in [-0.4, -0.2) is 46.3 Å². The highest BCUT2D eigenvalue weighted by atomic mass is 32.1. The van der Waals surface area contributed by atoms with Crippen LogP contribution in [0.3, 0.4) is 0 Å². The molecule has 0 aliphatic carbocycles. The molecule has 1 fully saturated rings. The zero-order valence-electron chi connectivity index (χ0n) is 12.9. The number of alkyl halides is 3. The second kappa shape index (κ2) is 6.10. The van der Waals surface area contributed by atoms with Gasteiger partial charge in [-0.1, -0.05) is 0 Å². The number of halogens is 3. The van der Waals surface area contributed by atoms with Gasteiger partial charge in [-0.05, 0) is 23.6 Å². The number of nitrogens with zero attached hydrogens (tertiary/aromatic N) is 6. The minimum absolute atomic E-state index is 0.455. The van der Waals surface area contributed by atoms with Gasteiger partial charge in [-0.15, -0.1) is 21.5 Å². The lowest BCUT2D eigenvalue weighted by Gasteiger charge is -2.36. The van der Waals surface area contributed by atoms with Gasteiger partial charge in [-0.3, -0.25) is 0 Å². The van der Waals surface area contributed by atoms with E-state index in [0.29, 0.717) is 32.0 Å². The fraction of sp³-hybridized carbons (Fsp3) is 0.333. The molecule has 25 heavy (non-hydrogen) atoms. The minimum Gasteiger partial charge on any atom is -0.352 e. The number of anilines is 2. The monoisotopic (exact) mass is 366 g/mol. The normalized spacial score (nSPS) is 15.8. The molecule has 0 saturated carbocycles. The number of rotatable bonds is 2. The Labute approximate surface area is 144 Å². The summed E-state index contributed by atoms with van der Waals surface area (Å²) in [6, 6.07) is 4.34. The lowest BCUT2D eigenvalue weighted by atomic mass is 10.2. The zero-order valence-corrected chi connectivity index (χ0v) is 13.8. The van der Waals surface area contributed by atoms with E-state index in [1.165, 1.54) is 6.07 Å². The van der Waals surface area contributed by atoms with Gasteiger partial charge in [0.2, 0.25) is 0 Å². The van der Waals surface area contributed by atoms with Crippen LogP contribution >= 0.6 is 11.3 Å². The molecule has 3 aromatic heterocycles. The van der Waals surface area contributed by atoms with Crippen LogP contribution in [0.4, 0.5) is 24.8 Å². The van der Waals surface area contributed by atoms with Gasteiger partial charge in [0.05, 0.1) is 5.39 Å². The summed E-state index contributed by atoms with van der Waals surface area (Å²) in [5, 5.41) is 10.0. The van der Waals surface area contributed by atoms with E-state index >= 15 is 0 Å². The zero-order chi connectivity index (χ0) is 17.4. The van der Waals surface area contributed by atoms with Crippen molar-refractivity contribution >= 4 is 33.2 Å². The molecule has 1 saturated heterocycles. The number of thiophene rings is 1. The number of piperazine rings is 1. The highest BCUT2D eigenvalue weighted by Crippen LogP contribution is 2.29. The van der Waals surface area contributed by atoms with Gasteiger partial charge in [0.15, 0.2) is 11.5 Å². The van der Waals surface area contributed by atoms with E-state index < -0.39 is 11.9 Å². The summed E-state index contributed by atoms with van der Waals surface area (Å²) >= 11 is 1.57. The average molecular weight is 366 g/mol. The predicted octanol–water partition coefficient (Wildman–Crippen LogP) is 2.83. The lowest BCUT2D eigenvalue weighted by molar-refractivity contribution is -0.141. The third-order valence-corrected chi connectivity index (χ3v) is 4.91. The molecule has 4 heterocycles. The average Bonchev–Trinajstić information content (AvgIpc) is 3.10. The third kappa shape index (κ3) is 3.09. The lowest BCUT2D eigenvalue weighted by Crippen LogP contribution is -2.47. The van der Waals surface area contributed by atoms with Crippen molar-refractivity contribution in [1.82, 2.24) is 20.2 Å². The quantitative estimate of drug-likeness (QED) is 0.695. The number of aromatic nitrogens is 4. The second-order valence-electron chi connectivity index (χ2n) is 5.59. The Morgan fingerprint density at radius 3 is 2.36 bits per heavy atom. The molecule has 0 spiro atoms. The van der Waals surface area contributed by atoms with Gasteiger partial charge in [0.25, 0.3) is 0 Å². The van der Waals surface area contributed by atoms with Crippen molar-refractivity contribution in [2.45, 2.75) is 6.18 Å². The van der Waals surface area contributed by atoms with Crippen LogP contribution in [0.15, 0.2) is 29.9 Å². The highest BCUT2D eigenvalue weighted by molar-refractivity contribution is 7.16. The molecule has 1 aliphatic rings. The summed E-state index contributed by atoms with van der Waals surface area (Å²) in [5.41, 5.74) is -0.976. The summed E-state index contributed by atoms with van der Waals surface area (Å²) in [4.78, 5) is 13.7. The van der Waals surface area contributed by atoms with Crippen molar-refractivity contribution in [1.29, 1.82) is 0 Å². The van der Waals surface area contributed by atoms with E-state index in [9.17, 15) is 13.2 Å². The standard InChI is InChI=1S/C15H13F3N6S/c16-15(17,18)11-1-2-12(22-21-11)23-4-6-24(7-5-23)13-10-3-8-25-14(10)20-9-19-13/h1-3,8-9H,4-7H2. The molecular formula is C15H13F3N6S. The fourth-order valence-corrected chi connectivity index (χ4v) is 3.55. The van der Waals surface area contributed by atoms with Crippen LogP contribution < -0.4 is 9.80 Å². The minimum atomic E-state index is -4.47. The summed E-state index contributed by atoms with van der Waals surface area (Å²) in [6.45, 7) is 2.67. The molecule has 3 aromatic rings. The smallest absolute Gasteiger partial charge is 0.352 e. The molecule has 0 amide bonds. The molecule has 0 aromatic carbocycles. The molecule has 0 N–H and O–H groups in total. The molecule has 0 bridgehead atoms. The van der Waals surface area contributed by atoms with Crippen molar-refractivity contribution in [3.05, 3.63) is 35.6 Å². The third-order valence-electron chi connectivity index (χ3n) is 4.08. The Kier molecular flexibility index (Phi) is 3.91. The van der Waals surface area contributed by atoms with Crippen LogP contribution in [0.5, 0.6) is 0 Å². The van der Waals surface area contributed by atoms with E-state index in [4.69, 9.17) is 0 Å².